The molecular formula is C16H19N3O. The molecule has 0 aliphatic carbocycles. The number of amides is 1. The zero-order chi connectivity index (χ0) is 14.2. The van der Waals surface area contributed by atoms with Gasteiger partial charge < -0.3 is 11.1 Å². The fourth-order valence-corrected chi connectivity index (χ4v) is 1.96. The van der Waals surface area contributed by atoms with E-state index < -0.39 is 0 Å². The summed E-state index contributed by atoms with van der Waals surface area (Å²) in [5.41, 5.74) is 8.71. The van der Waals surface area contributed by atoms with Crippen LogP contribution in [0.2, 0.25) is 0 Å². The lowest BCUT2D eigenvalue weighted by molar-refractivity contribution is -0.121. The first-order valence-electron chi connectivity index (χ1n) is 6.75. The van der Waals surface area contributed by atoms with Crippen molar-refractivity contribution in [1.82, 2.24) is 10.3 Å². The predicted octanol–water partition coefficient (Wildman–Crippen LogP) is 2.10. The molecule has 104 valence electrons. The summed E-state index contributed by atoms with van der Waals surface area (Å²) in [4.78, 5) is 15.6. The van der Waals surface area contributed by atoms with Gasteiger partial charge in [0.05, 0.1) is 0 Å². The van der Waals surface area contributed by atoms with Crippen molar-refractivity contribution >= 4 is 5.91 Å². The van der Waals surface area contributed by atoms with Crippen molar-refractivity contribution < 1.29 is 4.79 Å². The van der Waals surface area contributed by atoms with Gasteiger partial charge >= 0.3 is 0 Å². The van der Waals surface area contributed by atoms with E-state index >= 15 is 0 Å². The van der Waals surface area contributed by atoms with Crippen LogP contribution in [0.1, 0.15) is 18.4 Å². The third-order valence-electron chi connectivity index (χ3n) is 3.04. The van der Waals surface area contributed by atoms with Crippen LogP contribution in [0.3, 0.4) is 0 Å². The first-order valence-corrected chi connectivity index (χ1v) is 6.75. The molecule has 0 saturated heterocycles. The lowest BCUT2D eigenvalue weighted by atomic mass is 10.0. The highest BCUT2D eigenvalue weighted by Crippen LogP contribution is 2.19. The molecule has 0 aliphatic heterocycles. The molecule has 0 fully saturated rings. The Balaban J connectivity index is 1.98. The number of carbonyl (C=O) groups excluding carboxylic acids is 1. The number of hydrogen-bond acceptors (Lipinski definition) is 3. The average molecular weight is 269 g/mol. The van der Waals surface area contributed by atoms with Gasteiger partial charge in [-0.15, -0.1) is 0 Å². The largest absolute Gasteiger partial charge is 0.352 e. The Hall–Kier alpha value is -2.20. The summed E-state index contributed by atoms with van der Waals surface area (Å²) in [5, 5.41) is 2.91. The van der Waals surface area contributed by atoms with Crippen LogP contribution in [0.4, 0.5) is 0 Å². The third kappa shape index (κ3) is 4.17. The fraction of sp³-hybridized carbons (Fsp3) is 0.250. The van der Waals surface area contributed by atoms with E-state index in [0.717, 1.165) is 23.1 Å². The molecule has 0 unspecified atom stereocenters. The smallest absolute Gasteiger partial charge is 0.220 e. The van der Waals surface area contributed by atoms with Crippen molar-refractivity contribution in [2.75, 3.05) is 6.54 Å². The highest BCUT2D eigenvalue weighted by Gasteiger charge is 2.02. The van der Waals surface area contributed by atoms with Crippen LogP contribution in [0, 0.1) is 0 Å². The Morgan fingerprint density at radius 2 is 1.95 bits per heavy atom. The van der Waals surface area contributed by atoms with Gasteiger partial charge in [0.1, 0.15) is 0 Å². The molecule has 1 aromatic carbocycles. The van der Waals surface area contributed by atoms with Crippen LogP contribution < -0.4 is 11.1 Å². The van der Waals surface area contributed by atoms with Gasteiger partial charge in [-0.25, -0.2) is 0 Å². The standard InChI is InChI=1S/C16H19N3O/c17-8-2-5-16(20)19-12-13-3-1-4-15(11-13)14-6-9-18-10-7-14/h1,3-4,6-7,9-11H,2,5,8,12,17H2,(H,19,20). The van der Waals surface area contributed by atoms with Gasteiger partial charge in [-0.05, 0) is 47.9 Å². The van der Waals surface area contributed by atoms with Crippen LogP contribution in [-0.4, -0.2) is 17.4 Å². The van der Waals surface area contributed by atoms with E-state index in [1.165, 1.54) is 0 Å². The summed E-state index contributed by atoms with van der Waals surface area (Å²) in [5.74, 6) is 0.0461. The van der Waals surface area contributed by atoms with Crippen molar-refractivity contribution in [3.63, 3.8) is 0 Å². The number of nitrogens with zero attached hydrogens (tertiary/aromatic N) is 1. The van der Waals surface area contributed by atoms with E-state index in [1.54, 1.807) is 12.4 Å². The predicted molar refractivity (Wildman–Crippen MR) is 79.8 cm³/mol. The maximum atomic E-state index is 11.6. The van der Waals surface area contributed by atoms with Gasteiger partial charge in [0, 0.05) is 25.4 Å². The number of pyridine rings is 1. The van der Waals surface area contributed by atoms with E-state index in [4.69, 9.17) is 5.73 Å². The highest BCUT2D eigenvalue weighted by molar-refractivity contribution is 5.75. The SMILES string of the molecule is NCCCC(=O)NCc1cccc(-c2ccncc2)c1. The maximum absolute atomic E-state index is 11.6. The number of hydrogen-bond donors (Lipinski definition) is 2. The second-order valence-corrected chi connectivity index (χ2v) is 4.61. The minimum atomic E-state index is 0.0461. The van der Waals surface area contributed by atoms with E-state index in [9.17, 15) is 4.79 Å². The highest BCUT2D eigenvalue weighted by atomic mass is 16.1. The molecule has 0 saturated carbocycles. The van der Waals surface area contributed by atoms with E-state index in [1.807, 2.05) is 24.3 Å². The first kappa shape index (κ1) is 14.2. The van der Waals surface area contributed by atoms with Crippen molar-refractivity contribution in [1.29, 1.82) is 0 Å². The number of aromatic nitrogens is 1. The lowest BCUT2D eigenvalue weighted by Crippen LogP contribution is -2.23. The van der Waals surface area contributed by atoms with Gasteiger partial charge in [0.15, 0.2) is 0 Å². The van der Waals surface area contributed by atoms with E-state index in [2.05, 4.69) is 22.4 Å². The Kier molecular flexibility index (Phi) is 5.26. The zero-order valence-corrected chi connectivity index (χ0v) is 11.4. The molecule has 4 heteroatoms. The number of nitrogens with two attached hydrogens (primary N) is 1. The van der Waals surface area contributed by atoms with Gasteiger partial charge in [0.2, 0.25) is 5.91 Å². The maximum Gasteiger partial charge on any atom is 0.220 e. The average Bonchev–Trinajstić information content (AvgIpc) is 2.52. The van der Waals surface area contributed by atoms with Crippen LogP contribution in [0.15, 0.2) is 48.8 Å². The molecule has 0 spiro atoms. The summed E-state index contributed by atoms with van der Waals surface area (Å²) >= 11 is 0. The van der Waals surface area contributed by atoms with Crippen molar-refractivity contribution in [2.24, 2.45) is 5.73 Å². The minimum Gasteiger partial charge on any atom is -0.352 e. The van der Waals surface area contributed by atoms with E-state index in [0.29, 0.717) is 19.5 Å². The second-order valence-electron chi connectivity index (χ2n) is 4.61. The molecule has 0 aliphatic rings. The molecule has 0 atom stereocenters. The normalized spacial score (nSPS) is 10.2. The molecule has 3 N–H and O–H groups in total. The second kappa shape index (κ2) is 7.40. The molecular weight excluding hydrogens is 250 g/mol. The van der Waals surface area contributed by atoms with Crippen molar-refractivity contribution in [2.45, 2.75) is 19.4 Å². The van der Waals surface area contributed by atoms with E-state index in [-0.39, 0.29) is 5.91 Å². The summed E-state index contributed by atoms with van der Waals surface area (Å²) < 4.78 is 0. The third-order valence-corrected chi connectivity index (χ3v) is 3.04. The van der Waals surface area contributed by atoms with Crippen LogP contribution in [0.25, 0.3) is 11.1 Å². The monoisotopic (exact) mass is 269 g/mol. The quantitative estimate of drug-likeness (QED) is 0.844. The topological polar surface area (TPSA) is 68.0 Å². The molecule has 1 amide bonds. The Morgan fingerprint density at radius 3 is 2.70 bits per heavy atom. The Bertz CT molecular complexity index is 555. The molecule has 1 heterocycles. The first-order chi connectivity index (χ1) is 9.79. The molecule has 1 aromatic heterocycles. The summed E-state index contributed by atoms with van der Waals surface area (Å²) in [6.07, 6.45) is 4.76. The number of rotatable bonds is 6. The van der Waals surface area contributed by atoms with Crippen LogP contribution >= 0.6 is 0 Å². The molecule has 4 nitrogen and oxygen atoms in total. The van der Waals surface area contributed by atoms with Gasteiger partial charge in [-0.1, -0.05) is 18.2 Å². The molecule has 2 aromatic rings. The van der Waals surface area contributed by atoms with Gasteiger partial charge in [-0.2, -0.15) is 0 Å². The molecule has 0 bridgehead atoms. The van der Waals surface area contributed by atoms with Crippen molar-refractivity contribution in [3.05, 3.63) is 54.4 Å². The van der Waals surface area contributed by atoms with Crippen molar-refractivity contribution in [3.8, 4) is 11.1 Å². The number of benzene rings is 1. The Morgan fingerprint density at radius 1 is 1.15 bits per heavy atom. The Labute approximate surface area is 119 Å². The molecule has 0 radical (unpaired) electrons. The lowest BCUT2D eigenvalue weighted by Gasteiger charge is -2.07. The van der Waals surface area contributed by atoms with Gasteiger partial charge in [-0.3, -0.25) is 9.78 Å². The van der Waals surface area contributed by atoms with Crippen LogP contribution in [0.5, 0.6) is 0 Å². The van der Waals surface area contributed by atoms with Crippen LogP contribution in [-0.2, 0) is 11.3 Å². The summed E-state index contributed by atoms with van der Waals surface area (Å²) in [7, 11) is 0. The zero-order valence-electron chi connectivity index (χ0n) is 11.4. The number of nitrogens with one attached hydrogen (secondary N) is 1. The number of carbonyl (C=O) groups is 1. The summed E-state index contributed by atoms with van der Waals surface area (Å²) in [6, 6.07) is 12.1. The molecule has 2 rings (SSSR count). The van der Waals surface area contributed by atoms with Gasteiger partial charge in [0.25, 0.3) is 0 Å². The molecule has 20 heavy (non-hydrogen) atoms. The fourth-order valence-electron chi connectivity index (χ4n) is 1.96. The minimum absolute atomic E-state index is 0.0461. The summed E-state index contributed by atoms with van der Waals surface area (Å²) in [6.45, 7) is 1.09.